The highest BCUT2D eigenvalue weighted by Gasteiger charge is 2.11. The summed E-state index contributed by atoms with van der Waals surface area (Å²) in [6.07, 6.45) is 0.921. The van der Waals surface area contributed by atoms with Gasteiger partial charge in [-0.15, -0.1) is 0 Å². The molecule has 7 heteroatoms. The van der Waals surface area contributed by atoms with Crippen molar-refractivity contribution in [3.63, 3.8) is 0 Å². The van der Waals surface area contributed by atoms with Crippen molar-refractivity contribution in [3.8, 4) is 0 Å². The van der Waals surface area contributed by atoms with E-state index in [-0.39, 0.29) is 11.7 Å². The first kappa shape index (κ1) is 14.7. The molecule has 98 valence electrons. The largest absolute Gasteiger partial charge is 0.360 e. The Bertz CT molecular complexity index is 468. The van der Waals surface area contributed by atoms with Crippen LogP contribution in [-0.4, -0.2) is 16.1 Å². The SMILES string of the molecule is CC[C@H](C)NC(=S)Nc1cc([N+](=O)[O-])ccc1Cl. The average molecular weight is 288 g/mol. The number of non-ortho nitro benzene ring substituents is 1. The lowest BCUT2D eigenvalue weighted by Gasteiger charge is -2.15. The van der Waals surface area contributed by atoms with Crippen molar-refractivity contribution in [1.29, 1.82) is 0 Å². The van der Waals surface area contributed by atoms with Gasteiger partial charge in [0, 0.05) is 18.2 Å². The lowest BCUT2D eigenvalue weighted by atomic mass is 10.2. The predicted molar refractivity (Wildman–Crippen MR) is 77.2 cm³/mol. The highest BCUT2D eigenvalue weighted by Crippen LogP contribution is 2.26. The van der Waals surface area contributed by atoms with Gasteiger partial charge in [0.25, 0.3) is 5.69 Å². The Morgan fingerprint density at radius 2 is 2.28 bits per heavy atom. The third-order valence-corrected chi connectivity index (χ3v) is 2.95. The molecule has 0 spiro atoms. The number of nitro groups is 1. The molecule has 0 aliphatic rings. The van der Waals surface area contributed by atoms with Gasteiger partial charge in [0.05, 0.1) is 15.6 Å². The molecule has 0 fully saturated rings. The van der Waals surface area contributed by atoms with Crippen molar-refractivity contribution in [1.82, 2.24) is 5.32 Å². The summed E-state index contributed by atoms with van der Waals surface area (Å²) < 4.78 is 0. The molecule has 0 aromatic heterocycles. The van der Waals surface area contributed by atoms with Gasteiger partial charge in [-0.1, -0.05) is 18.5 Å². The average Bonchev–Trinajstić information content (AvgIpc) is 2.31. The number of nitro benzene ring substituents is 1. The van der Waals surface area contributed by atoms with Crippen molar-refractivity contribution >= 4 is 40.3 Å². The van der Waals surface area contributed by atoms with E-state index in [0.29, 0.717) is 15.8 Å². The van der Waals surface area contributed by atoms with Gasteiger partial charge >= 0.3 is 0 Å². The van der Waals surface area contributed by atoms with E-state index in [2.05, 4.69) is 10.6 Å². The molecule has 0 aliphatic carbocycles. The van der Waals surface area contributed by atoms with Crippen LogP contribution in [0.4, 0.5) is 11.4 Å². The van der Waals surface area contributed by atoms with Gasteiger partial charge in [-0.25, -0.2) is 0 Å². The van der Waals surface area contributed by atoms with Crippen LogP contribution >= 0.6 is 23.8 Å². The highest BCUT2D eigenvalue weighted by molar-refractivity contribution is 7.80. The summed E-state index contributed by atoms with van der Waals surface area (Å²) in [7, 11) is 0. The summed E-state index contributed by atoms with van der Waals surface area (Å²) >= 11 is 11.0. The Morgan fingerprint density at radius 3 is 2.83 bits per heavy atom. The molecule has 0 unspecified atom stereocenters. The zero-order valence-corrected chi connectivity index (χ0v) is 11.6. The van der Waals surface area contributed by atoms with Gasteiger partial charge < -0.3 is 10.6 Å². The number of thiocarbonyl (C=S) groups is 1. The molecular formula is C11H14ClN3O2S. The molecule has 1 aromatic rings. The van der Waals surface area contributed by atoms with E-state index in [4.69, 9.17) is 23.8 Å². The molecule has 1 rings (SSSR count). The van der Waals surface area contributed by atoms with E-state index in [1.807, 2.05) is 13.8 Å². The van der Waals surface area contributed by atoms with Crippen LogP contribution < -0.4 is 10.6 Å². The maximum atomic E-state index is 10.7. The molecule has 1 atom stereocenters. The maximum Gasteiger partial charge on any atom is 0.271 e. The molecular weight excluding hydrogens is 274 g/mol. The van der Waals surface area contributed by atoms with Gasteiger partial charge in [0.15, 0.2) is 5.11 Å². The van der Waals surface area contributed by atoms with Crippen molar-refractivity contribution in [2.75, 3.05) is 5.32 Å². The third kappa shape index (κ3) is 4.12. The number of halogens is 1. The Labute approximate surface area is 116 Å². The lowest BCUT2D eigenvalue weighted by Crippen LogP contribution is -2.35. The van der Waals surface area contributed by atoms with E-state index in [9.17, 15) is 10.1 Å². The van der Waals surface area contributed by atoms with Crippen LogP contribution in [0, 0.1) is 10.1 Å². The minimum atomic E-state index is -0.480. The van der Waals surface area contributed by atoms with Gasteiger partial charge in [-0.2, -0.15) is 0 Å². The van der Waals surface area contributed by atoms with Crippen LogP contribution in [0.5, 0.6) is 0 Å². The van der Waals surface area contributed by atoms with Gasteiger partial charge in [-0.05, 0) is 31.6 Å². The fourth-order valence-corrected chi connectivity index (χ4v) is 1.68. The number of benzene rings is 1. The Hall–Kier alpha value is -1.40. The van der Waals surface area contributed by atoms with Crippen LogP contribution in [0.15, 0.2) is 18.2 Å². The first-order chi connectivity index (χ1) is 8.43. The molecule has 0 saturated heterocycles. The minimum Gasteiger partial charge on any atom is -0.360 e. The first-order valence-corrected chi connectivity index (χ1v) is 6.24. The maximum absolute atomic E-state index is 10.7. The standard InChI is InChI=1S/C11H14ClN3O2S/c1-3-7(2)13-11(18)14-10-6-8(15(16)17)4-5-9(10)12/h4-7H,3H2,1-2H3,(H2,13,14,18)/t7-/m0/s1. The summed E-state index contributed by atoms with van der Waals surface area (Å²) in [5.41, 5.74) is 0.389. The molecule has 2 N–H and O–H groups in total. The predicted octanol–water partition coefficient (Wildman–Crippen LogP) is 3.33. The molecule has 0 heterocycles. The zero-order valence-electron chi connectivity index (χ0n) is 10.1. The number of hydrogen-bond acceptors (Lipinski definition) is 3. The molecule has 5 nitrogen and oxygen atoms in total. The molecule has 0 amide bonds. The fourth-order valence-electron chi connectivity index (χ4n) is 1.21. The summed E-state index contributed by atoms with van der Waals surface area (Å²) in [5, 5.41) is 17.3. The van der Waals surface area contributed by atoms with Gasteiger partial charge in [0.2, 0.25) is 0 Å². The number of anilines is 1. The van der Waals surface area contributed by atoms with Crippen LogP contribution in [0.2, 0.25) is 5.02 Å². The van der Waals surface area contributed by atoms with E-state index >= 15 is 0 Å². The second kappa shape index (κ2) is 6.51. The van der Waals surface area contributed by atoms with Crippen molar-refractivity contribution in [2.45, 2.75) is 26.3 Å². The Balaban J connectivity index is 2.80. The second-order valence-corrected chi connectivity index (χ2v) is 4.64. The summed E-state index contributed by atoms with van der Waals surface area (Å²) in [6.45, 7) is 4.02. The second-order valence-electron chi connectivity index (χ2n) is 3.83. The monoisotopic (exact) mass is 287 g/mol. The third-order valence-electron chi connectivity index (χ3n) is 2.40. The van der Waals surface area contributed by atoms with Crippen molar-refractivity contribution in [3.05, 3.63) is 33.3 Å². The van der Waals surface area contributed by atoms with Crippen molar-refractivity contribution in [2.24, 2.45) is 0 Å². The highest BCUT2D eigenvalue weighted by atomic mass is 35.5. The van der Waals surface area contributed by atoms with E-state index in [0.717, 1.165) is 6.42 Å². The van der Waals surface area contributed by atoms with E-state index in [1.165, 1.54) is 18.2 Å². The van der Waals surface area contributed by atoms with Crippen LogP contribution in [0.1, 0.15) is 20.3 Å². The molecule has 0 radical (unpaired) electrons. The van der Waals surface area contributed by atoms with Crippen molar-refractivity contribution < 1.29 is 4.92 Å². The Morgan fingerprint density at radius 1 is 1.61 bits per heavy atom. The zero-order chi connectivity index (χ0) is 13.7. The van der Waals surface area contributed by atoms with Crippen LogP contribution in [-0.2, 0) is 0 Å². The smallest absolute Gasteiger partial charge is 0.271 e. The minimum absolute atomic E-state index is 0.0340. The topological polar surface area (TPSA) is 67.2 Å². The molecule has 0 saturated carbocycles. The van der Waals surface area contributed by atoms with Crippen LogP contribution in [0.25, 0.3) is 0 Å². The summed E-state index contributed by atoms with van der Waals surface area (Å²) in [5.74, 6) is 0. The summed E-state index contributed by atoms with van der Waals surface area (Å²) in [6, 6.07) is 4.39. The molecule has 0 bridgehead atoms. The quantitative estimate of drug-likeness (QED) is 0.505. The number of nitrogens with one attached hydrogen (secondary N) is 2. The van der Waals surface area contributed by atoms with Gasteiger partial charge in [-0.3, -0.25) is 10.1 Å². The number of nitrogens with zero attached hydrogens (tertiary/aromatic N) is 1. The van der Waals surface area contributed by atoms with E-state index < -0.39 is 4.92 Å². The molecule has 1 aromatic carbocycles. The van der Waals surface area contributed by atoms with E-state index in [1.54, 1.807) is 0 Å². The molecule has 0 aliphatic heterocycles. The fraction of sp³-hybridized carbons (Fsp3) is 0.364. The molecule has 18 heavy (non-hydrogen) atoms. The lowest BCUT2D eigenvalue weighted by molar-refractivity contribution is -0.384. The summed E-state index contributed by atoms with van der Waals surface area (Å²) in [4.78, 5) is 10.2. The first-order valence-electron chi connectivity index (χ1n) is 5.45. The number of rotatable bonds is 4. The Kier molecular flexibility index (Phi) is 5.30. The van der Waals surface area contributed by atoms with Crippen LogP contribution in [0.3, 0.4) is 0 Å². The van der Waals surface area contributed by atoms with Gasteiger partial charge in [0.1, 0.15) is 0 Å². The number of hydrogen-bond donors (Lipinski definition) is 2. The normalized spacial score (nSPS) is 11.7.